The summed E-state index contributed by atoms with van der Waals surface area (Å²) in [6, 6.07) is 6.97. The highest BCUT2D eigenvalue weighted by atomic mass is 16.3. The van der Waals surface area contributed by atoms with Crippen molar-refractivity contribution in [2.45, 2.75) is 13.0 Å². The second-order valence-corrected chi connectivity index (χ2v) is 7.45. The monoisotopic (exact) mass is 383 g/mol. The standard InChI is InChI=1S/C20H25N5O3/c21-18(28)12-1-3-13(4-2-12)19-23-17-7-22-6-5-16(17)20(24-19)25-8-14(10-26)15(9-25)11-27/h1-4,14-15,22,26-27H,5-11H2,(H2,21,28)/t14-,15-/m0/s1. The number of anilines is 1. The van der Waals surface area contributed by atoms with E-state index in [4.69, 9.17) is 15.7 Å². The number of carbonyl (C=O) groups excluding carboxylic acids is 1. The van der Waals surface area contributed by atoms with Crippen LogP contribution in [0, 0.1) is 11.8 Å². The Labute approximate surface area is 163 Å². The molecule has 0 unspecified atom stereocenters. The molecule has 2 aliphatic rings. The zero-order valence-corrected chi connectivity index (χ0v) is 15.6. The molecule has 1 aromatic heterocycles. The topological polar surface area (TPSA) is 125 Å². The summed E-state index contributed by atoms with van der Waals surface area (Å²) in [5, 5.41) is 22.7. The molecule has 28 heavy (non-hydrogen) atoms. The molecule has 1 fully saturated rings. The van der Waals surface area contributed by atoms with Crippen LogP contribution in [-0.4, -0.2) is 58.9 Å². The molecule has 3 heterocycles. The zero-order chi connectivity index (χ0) is 19.7. The van der Waals surface area contributed by atoms with Gasteiger partial charge in [0.05, 0.1) is 5.69 Å². The van der Waals surface area contributed by atoms with Crippen molar-refractivity contribution in [1.29, 1.82) is 0 Å². The summed E-state index contributed by atoms with van der Waals surface area (Å²) in [7, 11) is 0. The van der Waals surface area contributed by atoms with E-state index in [2.05, 4.69) is 10.2 Å². The largest absolute Gasteiger partial charge is 0.396 e. The Morgan fingerprint density at radius 3 is 2.43 bits per heavy atom. The van der Waals surface area contributed by atoms with Crippen LogP contribution >= 0.6 is 0 Å². The summed E-state index contributed by atoms with van der Waals surface area (Å²) < 4.78 is 0. The quantitative estimate of drug-likeness (QED) is 0.569. The van der Waals surface area contributed by atoms with Crippen LogP contribution in [-0.2, 0) is 13.0 Å². The minimum atomic E-state index is -0.468. The van der Waals surface area contributed by atoms with Crippen molar-refractivity contribution in [3.63, 3.8) is 0 Å². The van der Waals surface area contributed by atoms with Gasteiger partial charge in [-0.15, -0.1) is 0 Å². The predicted octanol–water partition coefficient (Wildman–Crippen LogP) is -0.0748. The molecule has 148 valence electrons. The van der Waals surface area contributed by atoms with E-state index < -0.39 is 5.91 Å². The molecule has 0 bridgehead atoms. The van der Waals surface area contributed by atoms with Crippen molar-refractivity contribution >= 4 is 11.7 Å². The number of nitrogens with two attached hydrogens (primary N) is 1. The van der Waals surface area contributed by atoms with E-state index in [0.29, 0.717) is 31.0 Å². The first kappa shape index (κ1) is 18.8. The van der Waals surface area contributed by atoms with Crippen LogP contribution in [0.2, 0.25) is 0 Å². The molecule has 1 aromatic carbocycles. The number of fused-ring (bicyclic) bond motifs is 1. The third-order valence-corrected chi connectivity index (χ3v) is 5.69. The molecule has 8 heteroatoms. The first-order valence-electron chi connectivity index (χ1n) is 9.58. The molecule has 1 saturated heterocycles. The summed E-state index contributed by atoms with van der Waals surface area (Å²) in [4.78, 5) is 23.1. The summed E-state index contributed by atoms with van der Waals surface area (Å²) >= 11 is 0. The highest BCUT2D eigenvalue weighted by Gasteiger charge is 2.34. The number of aromatic nitrogens is 2. The number of rotatable bonds is 5. The maximum Gasteiger partial charge on any atom is 0.248 e. The van der Waals surface area contributed by atoms with E-state index in [1.807, 2.05) is 0 Å². The third-order valence-electron chi connectivity index (χ3n) is 5.69. The molecule has 2 aromatic rings. The Morgan fingerprint density at radius 1 is 1.14 bits per heavy atom. The Kier molecular flexibility index (Phi) is 5.25. The molecular formula is C20H25N5O3. The van der Waals surface area contributed by atoms with Crippen molar-refractivity contribution in [1.82, 2.24) is 15.3 Å². The summed E-state index contributed by atoms with van der Waals surface area (Å²) in [5.74, 6) is 1.09. The number of benzene rings is 1. The van der Waals surface area contributed by atoms with Crippen LogP contribution in [0.15, 0.2) is 24.3 Å². The highest BCUT2D eigenvalue weighted by molar-refractivity contribution is 5.93. The highest BCUT2D eigenvalue weighted by Crippen LogP contribution is 2.33. The van der Waals surface area contributed by atoms with Gasteiger partial charge in [-0.25, -0.2) is 9.97 Å². The molecule has 2 aliphatic heterocycles. The number of aliphatic hydroxyl groups is 2. The van der Waals surface area contributed by atoms with Gasteiger partial charge in [0.15, 0.2) is 5.82 Å². The Morgan fingerprint density at radius 2 is 1.82 bits per heavy atom. The van der Waals surface area contributed by atoms with Gasteiger partial charge in [0.2, 0.25) is 5.91 Å². The SMILES string of the molecule is NC(=O)c1ccc(-c2nc3c(c(N4C[C@@H](CO)[C@H](CO)C4)n2)CCNC3)cc1. The van der Waals surface area contributed by atoms with Gasteiger partial charge in [0, 0.05) is 61.4 Å². The first-order chi connectivity index (χ1) is 13.6. The normalized spacial score (nSPS) is 21.6. The second kappa shape index (κ2) is 7.83. The lowest BCUT2D eigenvalue weighted by atomic mass is 9.98. The minimum absolute atomic E-state index is 0.0376. The summed E-state index contributed by atoms with van der Waals surface area (Å²) in [6.07, 6.45) is 0.843. The van der Waals surface area contributed by atoms with Gasteiger partial charge in [0.25, 0.3) is 0 Å². The minimum Gasteiger partial charge on any atom is -0.396 e. The van der Waals surface area contributed by atoms with E-state index >= 15 is 0 Å². The molecule has 0 radical (unpaired) electrons. The number of carbonyl (C=O) groups is 1. The fraction of sp³-hybridized carbons (Fsp3) is 0.450. The number of amides is 1. The molecular weight excluding hydrogens is 358 g/mol. The Balaban J connectivity index is 1.73. The lowest BCUT2D eigenvalue weighted by Crippen LogP contribution is -2.30. The fourth-order valence-electron chi connectivity index (χ4n) is 4.04. The van der Waals surface area contributed by atoms with Gasteiger partial charge in [-0.05, 0) is 25.1 Å². The van der Waals surface area contributed by atoms with E-state index in [1.165, 1.54) is 0 Å². The fourth-order valence-corrected chi connectivity index (χ4v) is 4.04. The van der Waals surface area contributed by atoms with Gasteiger partial charge >= 0.3 is 0 Å². The Hall–Kier alpha value is -2.55. The van der Waals surface area contributed by atoms with Gasteiger partial charge < -0.3 is 26.2 Å². The lowest BCUT2D eigenvalue weighted by Gasteiger charge is -2.26. The number of nitrogens with one attached hydrogen (secondary N) is 1. The molecule has 0 spiro atoms. The maximum absolute atomic E-state index is 11.3. The van der Waals surface area contributed by atoms with E-state index in [9.17, 15) is 15.0 Å². The van der Waals surface area contributed by atoms with Crippen molar-refractivity contribution in [2.75, 3.05) is 37.7 Å². The second-order valence-electron chi connectivity index (χ2n) is 7.45. The summed E-state index contributed by atoms with van der Waals surface area (Å²) in [6.45, 7) is 2.99. The van der Waals surface area contributed by atoms with Crippen LogP contribution in [0.4, 0.5) is 5.82 Å². The van der Waals surface area contributed by atoms with Gasteiger partial charge in [-0.2, -0.15) is 0 Å². The van der Waals surface area contributed by atoms with Gasteiger partial charge in [-0.1, -0.05) is 12.1 Å². The molecule has 1 amide bonds. The molecule has 0 aliphatic carbocycles. The Bertz CT molecular complexity index is 859. The number of primary amides is 1. The molecule has 4 rings (SSSR count). The zero-order valence-electron chi connectivity index (χ0n) is 15.6. The maximum atomic E-state index is 11.3. The molecule has 8 nitrogen and oxygen atoms in total. The van der Waals surface area contributed by atoms with Crippen LogP contribution in [0.5, 0.6) is 0 Å². The third kappa shape index (κ3) is 3.46. The predicted molar refractivity (Wildman–Crippen MR) is 105 cm³/mol. The lowest BCUT2D eigenvalue weighted by molar-refractivity contribution is 0.100. The first-order valence-corrected chi connectivity index (χ1v) is 9.58. The number of hydrogen-bond donors (Lipinski definition) is 4. The van der Waals surface area contributed by atoms with E-state index in [0.717, 1.165) is 35.6 Å². The van der Waals surface area contributed by atoms with Crippen LogP contribution in [0.25, 0.3) is 11.4 Å². The average molecular weight is 383 g/mol. The smallest absolute Gasteiger partial charge is 0.248 e. The van der Waals surface area contributed by atoms with Crippen LogP contribution in [0.3, 0.4) is 0 Å². The van der Waals surface area contributed by atoms with E-state index in [-0.39, 0.29) is 25.0 Å². The number of aliphatic hydroxyl groups excluding tert-OH is 2. The molecule has 5 N–H and O–H groups in total. The van der Waals surface area contributed by atoms with Gasteiger partial charge in [-0.3, -0.25) is 4.79 Å². The molecule has 0 saturated carbocycles. The van der Waals surface area contributed by atoms with E-state index in [1.54, 1.807) is 24.3 Å². The summed E-state index contributed by atoms with van der Waals surface area (Å²) in [5.41, 5.74) is 8.69. The van der Waals surface area contributed by atoms with Crippen molar-refractivity contribution in [2.24, 2.45) is 17.6 Å². The van der Waals surface area contributed by atoms with Crippen LogP contribution in [0.1, 0.15) is 21.6 Å². The van der Waals surface area contributed by atoms with Crippen molar-refractivity contribution < 1.29 is 15.0 Å². The average Bonchev–Trinajstić information content (AvgIpc) is 3.16. The van der Waals surface area contributed by atoms with Gasteiger partial charge in [0.1, 0.15) is 5.82 Å². The molecule has 2 atom stereocenters. The van der Waals surface area contributed by atoms with Crippen LogP contribution < -0.4 is 16.0 Å². The van der Waals surface area contributed by atoms with Crippen molar-refractivity contribution in [3.8, 4) is 11.4 Å². The van der Waals surface area contributed by atoms with Crippen molar-refractivity contribution in [3.05, 3.63) is 41.1 Å². The number of nitrogens with zero attached hydrogens (tertiary/aromatic N) is 3. The number of hydrogen-bond acceptors (Lipinski definition) is 7.